The summed E-state index contributed by atoms with van der Waals surface area (Å²) in [4.78, 5) is 11.2. The van der Waals surface area contributed by atoms with E-state index in [0.29, 0.717) is 11.7 Å². The van der Waals surface area contributed by atoms with E-state index >= 15 is 0 Å². The molecule has 0 spiro atoms. The van der Waals surface area contributed by atoms with Gasteiger partial charge in [0.25, 0.3) is 0 Å². The van der Waals surface area contributed by atoms with E-state index in [1.807, 2.05) is 0 Å². The van der Waals surface area contributed by atoms with Crippen LogP contribution >= 0.6 is 0 Å². The number of carbonyl (C=O) groups excluding carboxylic acids is 1. The second kappa shape index (κ2) is 2.70. The average molecular weight is 176 g/mol. The maximum atomic E-state index is 11.2. The number of carbonyl (C=O) groups is 1. The summed E-state index contributed by atoms with van der Waals surface area (Å²) >= 11 is 0. The molecule has 0 saturated heterocycles. The fourth-order valence-corrected chi connectivity index (χ4v) is 3.25. The normalized spacial score (nSPS) is 38.8. The Bertz CT molecular complexity index is 271. The Morgan fingerprint density at radius 3 is 2.54 bits per heavy atom. The predicted octanol–water partition coefficient (Wildman–Crippen LogP) is 2.71. The van der Waals surface area contributed by atoms with Gasteiger partial charge in [-0.15, -0.1) is 0 Å². The van der Waals surface area contributed by atoms with Crippen LogP contribution in [-0.2, 0) is 4.79 Å². The molecule has 2 unspecified atom stereocenters. The number of rotatable bonds is 1. The molecule has 0 aliphatic heterocycles. The van der Waals surface area contributed by atoms with Gasteiger partial charge in [-0.1, -0.05) is 24.5 Å². The molecule has 1 heteroatoms. The van der Waals surface area contributed by atoms with Crippen molar-refractivity contribution in [3.05, 3.63) is 11.6 Å². The molecule has 3 aliphatic rings. The molecule has 1 nitrogen and oxygen atoms in total. The molecule has 0 N–H and O–H groups in total. The van der Waals surface area contributed by atoms with E-state index < -0.39 is 0 Å². The van der Waals surface area contributed by atoms with Gasteiger partial charge in [0.2, 0.25) is 0 Å². The maximum Gasteiger partial charge on any atom is 0.140 e. The van der Waals surface area contributed by atoms with Crippen molar-refractivity contribution >= 4 is 5.78 Å². The summed E-state index contributed by atoms with van der Waals surface area (Å²) < 4.78 is 0. The Hall–Kier alpha value is -0.590. The van der Waals surface area contributed by atoms with Gasteiger partial charge < -0.3 is 0 Å². The summed E-state index contributed by atoms with van der Waals surface area (Å²) in [6, 6.07) is 0. The van der Waals surface area contributed by atoms with Crippen molar-refractivity contribution in [2.24, 2.45) is 17.8 Å². The highest BCUT2D eigenvalue weighted by Crippen LogP contribution is 2.47. The van der Waals surface area contributed by atoms with Crippen LogP contribution in [0.25, 0.3) is 0 Å². The second-order valence-electron chi connectivity index (χ2n) is 4.88. The first-order chi connectivity index (χ1) is 6.34. The molecule has 0 heterocycles. The Kier molecular flexibility index (Phi) is 1.61. The molecular weight excluding hydrogens is 160 g/mol. The molecule has 3 rings (SSSR count). The molecule has 3 aliphatic carbocycles. The summed E-state index contributed by atoms with van der Waals surface area (Å²) in [7, 11) is 0. The van der Waals surface area contributed by atoms with Crippen molar-refractivity contribution in [3.8, 4) is 0 Å². The van der Waals surface area contributed by atoms with E-state index in [2.05, 4.69) is 6.08 Å². The molecule has 70 valence electrons. The van der Waals surface area contributed by atoms with Crippen LogP contribution in [0.2, 0.25) is 0 Å². The number of hydrogen-bond donors (Lipinski definition) is 0. The summed E-state index contributed by atoms with van der Waals surface area (Å²) in [5.41, 5.74) is 1.64. The first-order valence-corrected chi connectivity index (χ1v) is 5.58. The summed E-state index contributed by atoms with van der Waals surface area (Å²) in [5.74, 6) is 2.44. The lowest BCUT2D eigenvalue weighted by Crippen LogP contribution is -2.32. The van der Waals surface area contributed by atoms with Gasteiger partial charge in [0, 0.05) is 12.3 Å². The van der Waals surface area contributed by atoms with Crippen molar-refractivity contribution in [1.82, 2.24) is 0 Å². The number of hydrogen-bond acceptors (Lipinski definition) is 1. The monoisotopic (exact) mass is 176 g/mol. The largest absolute Gasteiger partial charge is 0.299 e. The number of ketones is 1. The summed E-state index contributed by atoms with van der Waals surface area (Å²) in [5, 5.41) is 0. The van der Waals surface area contributed by atoms with Gasteiger partial charge in [0.1, 0.15) is 5.78 Å². The minimum atomic E-state index is 0.357. The Morgan fingerprint density at radius 2 is 1.92 bits per heavy atom. The van der Waals surface area contributed by atoms with Gasteiger partial charge in [0.15, 0.2) is 0 Å². The van der Waals surface area contributed by atoms with E-state index in [1.54, 1.807) is 5.57 Å². The van der Waals surface area contributed by atoms with Crippen molar-refractivity contribution in [3.63, 3.8) is 0 Å². The van der Waals surface area contributed by atoms with Crippen LogP contribution in [0, 0.1) is 17.8 Å². The first kappa shape index (κ1) is 7.78. The van der Waals surface area contributed by atoms with Crippen LogP contribution < -0.4 is 0 Å². The average Bonchev–Trinajstić information content (AvgIpc) is 2.69. The van der Waals surface area contributed by atoms with E-state index in [9.17, 15) is 4.79 Å². The summed E-state index contributed by atoms with van der Waals surface area (Å²) in [6.45, 7) is 0. The molecule has 0 bridgehead atoms. The molecule has 0 amide bonds. The van der Waals surface area contributed by atoms with E-state index in [0.717, 1.165) is 18.3 Å². The Balaban J connectivity index is 1.75. The third-order valence-electron chi connectivity index (χ3n) is 4.11. The van der Waals surface area contributed by atoms with Crippen molar-refractivity contribution in [2.45, 2.75) is 38.5 Å². The highest BCUT2D eigenvalue weighted by molar-refractivity contribution is 5.90. The van der Waals surface area contributed by atoms with Gasteiger partial charge in [0.05, 0.1) is 0 Å². The predicted molar refractivity (Wildman–Crippen MR) is 51.3 cm³/mol. The first-order valence-electron chi connectivity index (χ1n) is 5.58. The minimum Gasteiger partial charge on any atom is -0.299 e. The molecule has 2 fully saturated rings. The van der Waals surface area contributed by atoms with Gasteiger partial charge >= 0.3 is 0 Å². The van der Waals surface area contributed by atoms with E-state index in [1.165, 1.54) is 32.1 Å². The van der Waals surface area contributed by atoms with E-state index in [4.69, 9.17) is 0 Å². The van der Waals surface area contributed by atoms with Gasteiger partial charge in [-0.25, -0.2) is 0 Å². The van der Waals surface area contributed by atoms with Crippen LogP contribution in [0.1, 0.15) is 38.5 Å². The third kappa shape index (κ3) is 1.09. The SMILES string of the molecule is O=C1CC2CC(C3CCCC3)=CC12. The lowest BCUT2D eigenvalue weighted by molar-refractivity contribution is -0.130. The topological polar surface area (TPSA) is 17.1 Å². The highest BCUT2D eigenvalue weighted by Gasteiger charge is 2.43. The molecule has 0 aromatic carbocycles. The quantitative estimate of drug-likeness (QED) is 0.561. The zero-order valence-corrected chi connectivity index (χ0v) is 7.96. The lowest BCUT2D eigenvalue weighted by Gasteiger charge is -2.27. The molecule has 2 saturated carbocycles. The zero-order valence-electron chi connectivity index (χ0n) is 7.96. The van der Waals surface area contributed by atoms with Gasteiger partial charge in [-0.2, -0.15) is 0 Å². The lowest BCUT2D eigenvalue weighted by atomic mass is 9.74. The third-order valence-corrected chi connectivity index (χ3v) is 4.11. The number of allylic oxidation sites excluding steroid dienone is 2. The minimum absolute atomic E-state index is 0.357. The fraction of sp³-hybridized carbons (Fsp3) is 0.750. The molecule has 0 radical (unpaired) electrons. The van der Waals surface area contributed by atoms with Crippen molar-refractivity contribution < 1.29 is 4.79 Å². The molecular formula is C12H16O. The van der Waals surface area contributed by atoms with Crippen LogP contribution in [0.15, 0.2) is 11.6 Å². The summed E-state index contributed by atoms with van der Waals surface area (Å²) in [6.07, 6.45) is 10.0. The highest BCUT2D eigenvalue weighted by atomic mass is 16.1. The van der Waals surface area contributed by atoms with E-state index in [-0.39, 0.29) is 0 Å². The number of fused-ring (bicyclic) bond motifs is 1. The Morgan fingerprint density at radius 1 is 1.15 bits per heavy atom. The van der Waals surface area contributed by atoms with Gasteiger partial charge in [-0.3, -0.25) is 4.79 Å². The molecule has 13 heavy (non-hydrogen) atoms. The van der Waals surface area contributed by atoms with Crippen LogP contribution in [0.3, 0.4) is 0 Å². The second-order valence-corrected chi connectivity index (χ2v) is 4.88. The standard InChI is InChI=1S/C12H16O/c13-12-7-10-5-9(6-11(10)12)8-3-1-2-4-8/h6,8,10-11H,1-5,7H2. The molecule has 0 aromatic rings. The van der Waals surface area contributed by atoms with Crippen molar-refractivity contribution in [1.29, 1.82) is 0 Å². The zero-order chi connectivity index (χ0) is 8.84. The smallest absolute Gasteiger partial charge is 0.140 e. The van der Waals surface area contributed by atoms with Gasteiger partial charge in [-0.05, 0) is 31.1 Å². The number of Topliss-reactive ketones (excluding diaryl/α,β-unsaturated/α-hetero) is 1. The van der Waals surface area contributed by atoms with Crippen LogP contribution in [-0.4, -0.2) is 5.78 Å². The maximum absolute atomic E-state index is 11.2. The van der Waals surface area contributed by atoms with Crippen LogP contribution in [0.4, 0.5) is 0 Å². The van der Waals surface area contributed by atoms with Crippen LogP contribution in [0.5, 0.6) is 0 Å². The Labute approximate surface area is 79.2 Å². The van der Waals surface area contributed by atoms with Crippen molar-refractivity contribution in [2.75, 3.05) is 0 Å². The molecule has 2 atom stereocenters. The fourth-order valence-electron chi connectivity index (χ4n) is 3.25. The molecule has 0 aromatic heterocycles.